The van der Waals surface area contributed by atoms with Gasteiger partial charge in [0.1, 0.15) is 5.76 Å². The van der Waals surface area contributed by atoms with Crippen LogP contribution in [0.5, 0.6) is 0 Å². The number of hydrogen-bond donors (Lipinski definition) is 0. The normalized spacial score (nSPS) is 24.1. The van der Waals surface area contributed by atoms with E-state index in [1.807, 2.05) is 30.3 Å². The molecule has 0 radical (unpaired) electrons. The van der Waals surface area contributed by atoms with Crippen LogP contribution in [-0.2, 0) is 11.3 Å². The minimum atomic E-state index is -0.0296. The molecule has 0 bridgehead atoms. The van der Waals surface area contributed by atoms with Crippen molar-refractivity contribution < 1.29 is 13.9 Å². The average molecular weight is 355 g/mol. The highest BCUT2D eigenvalue weighted by molar-refractivity contribution is 5.91. The SMILES string of the molecule is Cc1ccc(C(=O)N2CC[C@@H]3CN(Cc4ccncc4)CCO[C@@H]3C2)o1. The zero-order valence-corrected chi connectivity index (χ0v) is 15.1. The smallest absolute Gasteiger partial charge is 0.289 e. The summed E-state index contributed by atoms with van der Waals surface area (Å²) in [7, 11) is 0. The van der Waals surface area contributed by atoms with Crippen molar-refractivity contribution in [3.05, 3.63) is 53.7 Å². The van der Waals surface area contributed by atoms with E-state index in [2.05, 4.69) is 22.0 Å². The second-order valence-electron chi connectivity index (χ2n) is 7.21. The van der Waals surface area contributed by atoms with Gasteiger partial charge >= 0.3 is 0 Å². The Morgan fingerprint density at radius 3 is 2.81 bits per heavy atom. The Morgan fingerprint density at radius 1 is 1.19 bits per heavy atom. The molecule has 2 aliphatic rings. The molecule has 2 atom stereocenters. The van der Waals surface area contributed by atoms with Crippen molar-refractivity contribution in [2.24, 2.45) is 5.92 Å². The molecule has 4 heterocycles. The number of aryl methyl sites for hydroxylation is 1. The van der Waals surface area contributed by atoms with E-state index >= 15 is 0 Å². The molecule has 138 valence electrons. The monoisotopic (exact) mass is 355 g/mol. The van der Waals surface area contributed by atoms with E-state index in [1.54, 1.807) is 6.07 Å². The van der Waals surface area contributed by atoms with E-state index in [-0.39, 0.29) is 12.0 Å². The van der Waals surface area contributed by atoms with Crippen LogP contribution in [0.15, 0.2) is 41.1 Å². The van der Waals surface area contributed by atoms with E-state index in [0.29, 0.717) is 24.8 Å². The number of carbonyl (C=O) groups excluding carboxylic acids is 1. The molecule has 0 aromatic carbocycles. The van der Waals surface area contributed by atoms with Crippen molar-refractivity contribution in [1.29, 1.82) is 0 Å². The van der Waals surface area contributed by atoms with Crippen LogP contribution in [-0.4, -0.2) is 59.6 Å². The van der Waals surface area contributed by atoms with E-state index in [1.165, 1.54) is 5.56 Å². The van der Waals surface area contributed by atoms with Crippen molar-refractivity contribution in [3.8, 4) is 0 Å². The van der Waals surface area contributed by atoms with E-state index < -0.39 is 0 Å². The van der Waals surface area contributed by atoms with Gasteiger partial charge in [0.25, 0.3) is 5.91 Å². The second kappa shape index (κ2) is 7.60. The van der Waals surface area contributed by atoms with Crippen LogP contribution < -0.4 is 0 Å². The van der Waals surface area contributed by atoms with Crippen LogP contribution in [0.3, 0.4) is 0 Å². The van der Waals surface area contributed by atoms with E-state index in [9.17, 15) is 4.79 Å². The summed E-state index contributed by atoms with van der Waals surface area (Å²) in [4.78, 5) is 21.0. The number of rotatable bonds is 3. The average Bonchev–Trinajstić information content (AvgIpc) is 2.99. The number of furan rings is 1. The van der Waals surface area contributed by atoms with Crippen molar-refractivity contribution in [3.63, 3.8) is 0 Å². The van der Waals surface area contributed by atoms with E-state index in [0.717, 1.165) is 38.4 Å². The molecule has 0 saturated carbocycles. The molecule has 1 amide bonds. The molecule has 2 aliphatic heterocycles. The summed E-state index contributed by atoms with van der Waals surface area (Å²) in [6.45, 7) is 6.81. The number of amides is 1. The standard InChI is InChI=1S/C20H25N3O3/c1-15-2-3-18(26-15)20(24)23-9-6-17-13-22(10-11-25-19(17)14-23)12-16-4-7-21-8-5-16/h2-5,7-8,17,19H,6,9-14H2,1H3/t17-,19-/m1/s1. The number of carbonyl (C=O) groups is 1. The van der Waals surface area contributed by atoms with Gasteiger partial charge in [0.15, 0.2) is 5.76 Å². The molecule has 2 aromatic heterocycles. The topological polar surface area (TPSA) is 58.8 Å². The maximum atomic E-state index is 12.6. The first-order chi connectivity index (χ1) is 12.7. The number of ether oxygens (including phenoxy) is 1. The summed E-state index contributed by atoms with van der Waals surface area (Å²) in [6, 6.07) is 7.72. The highest BCUT2D eigenvalue weighted by atomic mass is 16.5. The van der Waals surface area contributed by atoms with Gasteiger partial charge in [-0.15, -0.1) is 0 Å². The molecule has 26 heavy (non-hydrogen) atoms. The number of pyridine rings is 1. The molecular formula is C20H25N3O3. The molecule has 6 heteroatoms. The maximum absolute atomic E-state index is 12.6. The summed E-state index contributed by atoms with van der Waals surface area (Å²) >= 11 is 0. The summed E-state index contributed by atoms with van der Waals surface area (Å²) < 4.78 is 11.6. The first kappa shape index (κ1) is 17.2. The lowest BCUT2D eigenvalue weighted by atomic mass is 9.93. The number of aromatic nitrogens is 1. The summed E-state index contributed by atoms with van der Waals surface area (Å²) in [5.74, 6) is 1.62. The molecule has 0 unspecified atom stereocenters. The van der Waals surface area contributed by atoms with Gasteiger partial charge in [-0.05, 0) is 43.2 Å². The van der Waals surface area contributed by atoms with Gasteiger partial charge in [-0.3, -0.25) is 14.7 Å². The summed E-state index contributed by atoms with van der Waals surface area (Å²) in [6.07, 6.45) is 4.74. The minimum absolute atomic E-state index is 0.0296. The summed E-state index contributed by atoms with van der Waals surface area (Å²) in [5.41, 5.74) is 1.28. The van der Waals surface area contributed by atoms with E-state index in [4.69, 9.17) is 9.15 Å². The lowest BCUT2D eigenvalue weighted by molar-refractivity contribution is -0.0179. The van der Waals surface area contributed by atoms with Crippen molar-refractivity contribution in [2.75, 3.05) is 32.8 Å². The van der Waals surface area contributed by atoms with Crippen LogP contribution in [0.1, 0.15) is 28.3 Å². The quantitative estimate of drug-likeness (QED) is 0.846. The predicted molar refractivity (Wildman–Crippen MR) is 96.7 cm³/mol. The molecule has 0 spiro atoms. The van der Waals surface area contributed by atoms with Crippen LogP contribution in [0.25, 0.3) is 0 Å². The minimum Gasteiger partial charge on any atom is -0.456 e. The molecule has 2 saturated heterocycles. The predicted octanol–water partition coefficient (Wildman–Crippen LogP) is 2.35. The first-order valence-corrected chi connectivity index (χ1v) is 9.27. The number of likely N-dealkylation sites (tertiary alicyclic amines) is 1. The van der Waals surface area contributed by atoms with Gasteiger partial charge in [-0.2, -0.15) is 0 Å². The molecular weight excluding hydrogens is 330 g/mol. The fourth-order valence-corrected chi connectivity index (χ4v) is 3.90. The number of nitrogens with zero attached hydrogens (tertiary/aromatic N) is 3. The third-order valence-electron chi connectivity index (χ3n) is 5.32. The van der Waals surface area contributed by atoms with Crippen LogP contribution in [0, 0.1) is 12.8 Å². The Labute approximate surface area is 153 Å². The summed E-state index contributed by atoms with van der Waals surface area (Å²) in [5, 5.41) is 0. The zero-order chi connectivity index (χ0) is 17.9. The van der Waals surface area contributed by atoms with Gasteiger partial charge in [0.2, 0.25) is 0 Å². The largest absolute Gasteiger partial charge is 0.456 e. The Hall–Kier alpha value is -2.18. The number of hydrogen-bond acceptors (Lipinski definition) is 5. The Morgan fingerprint density at radius 2 is 2.04 bits per heavy atom. The van der Waals surface area contributed by atoms with Crippen molar-refractivity contribution in [1.82, 2.24) is 14.8 Å². The van der Waals surface area contributed by atoms with Gasteiger partial charge < -0.3 is 14.1 Å². The fraction of sp³-hybridized carbons (Fsp3) is 0.500. The number of piperidine rings is 1. The molecule has 2 fully saturated rings. The van der Waals surface area contributed by atoms with Crippen LogP contribution >= 0.6 is 0 Å². The number of fused-ring (bicyclic) bond motifs is 1. The maximum Gasteiger partial charge on any atom is 0.289 e. The van der Waals surface area contributed by atoms with Gasteiger partial charge in [-0.1, -0.05) is 0 Å². The lowest BCUT2D eigenvalue weighted by Crippen LogP contribution is -2.49. The second-order valence-corrected chi connectivity index (χ2v) is 7.21. The zero-order valence-electron chi connectivity index (χ0n) is 15.1. The van der Waals surface area contributed by atoms with Gasteiger partial charge in [0.05, 0.1) is 12.7 Å². The lowest BCUT2D eigenvalue weighted by Gasteiger charge is -2.37. The molecule has 6 nitrogen and oxygen atoms in total. The molecule has 0 N–H and O–H groups in total. The Kier molecular flexibility index (Phi) is 5.04. The van der Waals surface area contributed by atoms with Crippen molar-refractivity contribution in [2.45, 2.75) is 26.0 Å². The molecule has 4 rings (SSSR count). The van der Waals surface area contributed by atoms with Crippen LogP contribution in [0.4, 0.5) is 0 Å². The third-order valence-corrected chi connectivity index (χ3v) is 5.32. The molecule has 2 aromatic rings. The Balaban J connectivity index is 1.38. The highest BCUT2D eigenvalue weighted by Crippen LogP contribution is 2.26. The van der Waals surface area contributed by atoms with Gasteiger partial charge in [-0.25, -0.2) is 0 Å². The third kappa shape index (κ3) is 3.81. The Bertz CT molecular complexity index is 746. The van der Waals surface area contributed by atoms with Gasteiger partial charge in [0, 0.05) is 51.0 Å². The highest BCUT2D eigenvalue weighted by Gasteiger charge is 2.35. The fourth-order valence-electron chi connectivity index (χ4n) is 3.90. The van der Waals surface area contributed by atoms with Crippen LogP contribution in [0.2, 0.25) is 0 Å². The first-order valence-electron chi connectivity index (χ1n) is 9.27. The molecule has 0 aliphatic carbocycles. The van der Waals surface area contributed by atoms with Crippen molar-refractivity contribution >= 4 is 5.91 Å².